The summed E-state index contributed by atoms with van der Waals surface area (Å²) in [5.41, 5.74) is 6.33. The van der Waals surface area contributed by atoms with Crippen LogP contribution in [0.3, 0.4) is 0 Å². The van der Waals surface area contributed by atoms with Crippen LogP contribution in [0.25, 0.3) is 0 Å². The molecule has 6 nitrogen and oxygen atoms in total. The van der Waals surface area contributed by atoms with Gasteiger partial charge in [0.2, 0.25) is 0 Å². The zero-order valence-corrected chi connectivity index (χ0v) is 17.0. The van der Waals surface area contributed by atoms with Crippen LogP contribution < -0.4 is 5.73 Å². The van der Waals surface area contributed by atoms with E-state index < -0.39 is 5.91 Å². The molecule has 2 N–H and O–H groups in total. The molecule has 1 saturated heterocycles. The van der Waals surface area contributed by atoms with E-state index in [2.05, 4.69) is 49.7 Å². The van der Waals surface area contributed by atoms with Crippen molar-refractivity contribution < 1.29 is 9.59 Å². The maximum Gasteiger partial charge on any atom is 0.273 e. The predicted molar refractivity (Wildman–Crippen MR) is 109 cm³/mol. The number of primary amides is 1. The molecule has 3 rings (SSSR count). The number of rotatable bonds is 4. The lowest BCUT2D eigenvalue weighted by atomic mass is 9.88. The molecule has 0 aliphatic carbocycles. The van der Waals surface area contributed by atoms with Gasteiger partial charge >= 0.3 is 0 Å². The Balaban J connectivity index is 1.85. The Kier molecular flexibility index (Phi) is 5.26. The van der Waals surface area contributed by atoms with Gasteiger partial charge in [0.15, 0.2) is 0 Å². The van der Waals surface area contributed by atoms with Crippen LogP contribution in [0.1, 0.15) is 54.2 Å². The summed E-state index contributed by atoms with van der Waals surface area (Å²) in [5, 5.41) is 0. The molecule has 1 aromatic carbocycles. The van der Waals surface area contributed by atoms with Crippen LogP contribution in [0.4, 0.5) is 0 Å². The van der Waals surface area contributed by atoms with Crippen molar-refractivity contribution in [3.05, 3.63) is 65.5 Å². The first kappa shape index (κ1) is 20.0. The summed E-state index contributed by atoms with van der Waals surface area (Å²) >= 11 is 0. The van der Waals surface area contributed by atoms with E-state index in [9.17, 15) is 9.59 Å². The van der Waals surface area contributed by atoms with Gasteiger partial charge in [0.05, 0.1) is 5.54 Å². The summed E-state index contributed by atoms with van der Waals surface area (Å²) in [4.78, 5) is 33.1. The quantitative estimate of drug-likeness (QED) is 0.884. The van der Waals surface area contributed by atoms with Gasteiger partial charge in [-0.1, -0.05) is 36.4 Å². The average molecular weight is 380 g/mol. The fourth-order valence-electron chi connectivity index (χ4n) is 3.72. The number of hydrogen-bond donors (Lipinski definition) is 1. The number of carbonyl (C=O) groups excluding carboxylic acids is 2. The Morgan fingerprint density at radius 3 is 2.21 bits per heavy atom. The minimum atomic E-state index is -0.637. The Labute approximate surface area is 166 Å². The Morgan fingerprint density at radius 2 is 1.57 bits per heavy atom. The van der Waals surface area contributed by atoms with Crippen molar-refractivity contribution >= 4 is 11.8 Å². The second-order valence-corrected chi connectivity index (χ2v) is 8.63. The van der Waals surface area contributed by atoms with Crippen LogP contribution in [0.2, 0.25) is 0 Å². The molecular weight excluding hydrogens is 352 g/mol. The number of piperazine rings is 1. The molecule has 28 heavy (non-hydrogen) atoms. The smallest absolute Gasteiger partial charge is 0.273 e. The molecule has 1 aliphatic rings. The third-order valence-electron chi connectivity index (χ3n) is 5.39. The fourth-order valence-corrected chi connectivity index (χ4v) is 3.72. The summed E-state index contributed by atoms with van der Waals surface area (Å²) in [6.07, 6.45) is 0. The molecule has 1 aromatic heterocycles. The molecule has 0 saturated carbocycles. The molecule has 148 valence electrons. The Bertz CT molecular complexity index is 877. The molecule has 1 aliphatic heterocycles. The lowest BCUT2D eigenvalue weighted by molar-refractivity contribution is -0.0457. The van der Waals surface area contributed by atoms with Gasteiger partial charge in [-0.3, -0.25) is 14.5 Å². The topological polar surface area (TPSA) is 79.5 Å². The molecular formula is C22H28N4O2. The first-order chi connectivity index (χ1) is 13.1. The van der Waals surface area contributed by atoms with Gasteiger partial charge in [-0.25, -0.2) is 4.98 Å². The van der Waals surface area contributed by atoms with Crippen LogP contribution in [-0.2, 0) is 6.54 Å². The zero-order chi connectivity index (χ0) is 20.5. The van der Waals surface area contributed by atoms with Crippen molar-refractivity contribution in [1.29, 1.82) is 0 Å². The van der Waals surface area contributed by atoms with Crippen LogP contribution in [0.5, 0.6) is 0 Å². The Hall–Kier alpha value is -2.73. The molecule has 0 unspecified atom stereocenters. The first-order valence-electron chi connectivity index (χ1n) is 9.48. The second kappa shape index (κ2) is 7.36. The molecule has 2 aromatic rings. The predicted octanol–water partition coefficient (Wildman–Crippen LogP) is 2.70. The minimum absolute atomic E-state index is 0.102. The normalized spacial score (nSPS) is 18.6. The summed E-state index contributed by atoms with van der Waals surface area (Å²) in [6, 6.07) is 15.2. The maximum atomic E-state index is 13.2. The number of nitrogens with two attached hydrogens (primary N) is 1. The van der Waals surface area contributed by atoms with Gasteiger partial charge in [-0.2, -0.15) is 0 Å². The maximum absolute atomic E-state index is 13.2. The van der Waals surface area contributed by atoms with E-state index in [-0.39, 0.29) is 28.4 Å². The van der Waals surface area contributed by atoms with Crippen molar-refractivity contribution in [3.8, 4) is 0 Å². The molecule has 0 spiro atoms. The monoisotopic (exact) mass is 380 g/mol. The lowest BCUT2D eigenvalue weighted by Crippen LogP contribution is -2.68. The summed E-state index contributed by atoms with van der Waals surface area (Å²) in [6.45, 7) is 10.6. The van der Waals surface area contributed by atoms with Crippen LogP contribution in [0, 0.1) is 0 Å². The number of carbonyl (C=O) groups is 2. The van der Waals surface area contributed by atoms with Crippen LogP contribution in [0.15, 0.2) is 48.5 Å². The number of benzene rings is 1. The highest BCUT2D eigenvalue weighted by atomic mass is 16.2. The van der Waals surface area contributed by atoms with Gasteiger partial charge in [0, 0.05) is 25.2 Å². The van der Waals surface area contributed by atoms with Crippen molar-refractivity contribution in [2.24, 2.45) is 5.73 Å². The Morgan fingerprint density at radius 1 is 0.929 bits per heavy atom. The molecule has 1 fully saturated rings. The second-order valence-electron chi connectivity index (χ2n) is 8.63. The highest BCUT2D eigenvalue weighted by Crippen LogP contribution is 2.33. The molecule has 6 heteroatoms. The van der Waals surface area contributed by atoms with Crippen molar-refractivity contribution in [1.82, 2.24) is 14.8 Å². The van der Waals surface area contributed by atoms with Crippen molar-refractivity contribution in [2.75, 3.05) is 13.1 Å². The molecule has 2 heterocycles. The standard InChI is InChI=1S/C22H28N4O2/c1-21(2)15-26(20(28)18-12-8-11-17(24-18)19(23)27)22(3,4)14-25(21)13-16-9-6-5-7-10-16/h5-12H,13-15H2,1-4H3,(H2,23,27). The number of aromatic nitrogens is 1. The lowest BCUT2D eigenvalue weighted by Gasteiger charge is -2.55. The molecule has 0 bridgehead atoms. The van der Waals surface area contributed by atoms with E-state index in [0.717, 1.165) is 13.1 Å². The molecule has 2 amide bonds. The summed E-state index contributed by atoms with van der Waals surface area (Å²) < 4.78 is 0. The third-order valence-corrected chi connectivity index (χ3v) is 5.39. The number of hydrogen-bond acceptors (Lipinski definition) is 4. The average Bonchev–Trinajstić information content (AvgIpc) is 2.65. The number of amides is 2. The molecule has 0 radical (unpaired) electrons. The van der Waals surface area contributed by atoms with Crippen molar-refractivity contribution in [2.45, 2.75) is 45.3 Å². The number of nitrogens with zero attached hydrogens (tertiary/aromatic N) is 3. The van der Waals surface area contributed by atoms with Crippen molar-refractivity contribution in [3.63, 3.8) is 0 Å². The largest absolute Gasteiger partial charge is 0.364 e. The van der Waals surface area contributed by atoms with E-state index in [4.69, 9.17) is 5.73 Å². The van der Waals surface area contributed by atoms with Gasteiger partial charge in [0.1, 0.15) is 11.4 Å². The summed E-state index contributed by atoms with van der Waals surface area (Å²) in [5.74, 6) is -0.817. The van der Waals surface area contributed by atoms with Crippen LogP contribution in [-0.4, -0.2) is 50.8 Å². The van der Waals surface area contributed by atoms with E-state index in [0.29, 0.717) is 6.54 Å². The van der Waals surface area contributed by atoms with E-state index in [1.54, 1.807) is 12.1 Å². The third kappa shape index (κ3) is 4.07. The van der Waals surface area contributed by atoms with Gasteiger partial charge in [-0.15, -0.1) is 0 Å². The number of pyridine rings is 1. The van der Waals surface area contributed by atoms with E-state index in [1.165, 1.54) is 11.6 Å². The summed E-state index contributed by atoms with van der Waals surface area (Å²) in [7, 11) is 0. The van der Waals surface area contributed by atoms with Gasteiger partial charge in [0.25, 0.3) is 11.8 Å². The highest BCUT2D eigenvalue weighted by Gasteiger charge is 2.45. The minimum Gasteiger partial charge on any atom is -0.364 e. The highest BCUT2D eigenvalue weighted by molar-refractivity contribution is 5.96. The van der Waals surface area contributed by atoms with Gasteiger partial charge < -0.3 is 10.6 Å². The van der Waals surface area contributed by atoms with Gasteiger partial charge in [-0.05, 0) is 45.4 Å². The molecule has 0 atom stereocenters. The van der Waals surface area contributed by atoms with E-state index >= 15 is 0 Å². The first-order valence-corrected chi connectivity index (χ1v) is 9.48. The zero-order valence-electron chi connectivity index (χ0n) is 17.0. The van der Waals surface area contributed by atoms with Crippen LogP contribution >= 0.6 is 0 Å². The van der Waals surface area contributed by atoms with E-state index in [1.807, 2.05) is 23.1 Å². The SMILES string of the molecule is CC1(C)CN(C(=O)c2cccc(C(N)=O)n2)C(C)(C)CN1Cc1ccccc1. The fraction of sp³-hybridized carbons (Fsp3) is 0.409.